The Balaban J connectivity index is 1.97. The average molecular weight is 186 g/mol. The lowest BCUT2D eigenvalue weighted by Crippen LogP contribution is -2.29. The van der Waals surface area contributed by atoms with Crippen molar-refractivity contribution in [2.75, 3.05) is 19.6 Å². The molecule has 0 amide bonds. The molecule has 78 valence electrons. The molecule has 1 rings (SSSR count). The summed E-state index contributed by atoms with van der Waals surface area (Å²) in [6, 6.07) is 0. The molecule has 0 spiro atoms. The summed E-state index contributed by atoms with van der Waals surface area (Å²) in [5.74, 6) is 0. The first kappa shape index (κ1) is 11.0. The van der Waals surface area contributed by atoms with E-state index < -0.39 is 0 Å². The van der Waals surface area contributed by atoms with Crippen molar-refractivity contribution in [1.29, 1.82) is 0 Å². The predicted molar refractivity (Wildman–Crippen MR) is 54.7 cm³/mol. The highest BCUT2D eigenvalue weighted by Gasteiger charge is 2.23. The number of ether oxygens (including phenoxy) is 1. The van der Waals surface area contributed by atoms with Gasteiger partial charge in [-0.2, -0.15) is 0 Å². The van der Waals surface area contributed by atoms with Gasteiger partial charge in [0.05, 0.1) is 12.2 Å². The van der Waals surface area contributed by atoms with Crippen molar-refractivity contribution in [2.24, 2.45) is 5.73 Å². The van der Waals surface area contributed by atoms with Gasteiger partial charge in [-0.25, -0.2) is 0 Å². The molecule has 3 N–H and O–H groups in total. The third-order valence-electron chi connectivity index (χ3n) is 2.54. The van der Waals surface area contributed by atoms with Gasteiger partial charge in [-0.1, -0.05) is 13.3 Å². The molecule has 0 saturated carbocycles. The van der Waals surface area contributed by atoms with Gasteiger partial charge in [0.25, 0.3) is 0 Å². The van der Waals surface area contributed by atoms with Crippen molar-refractivity contribution in [3.8, 4) is 0 Å². The molecule has 13 heavy (non-hydrogen) atoms. The Morgan fingerprint density at radius 1 is 1.38 bits per heavy atom. The number of unbranched alkanes of at least 4 members (excludes halogenated alkanes) is 1. The Morgan fingerprint density at radius 2 is 2.15 bits per heavy atom. The molecule has 1 saturated heterocycles. The molecule has 1 aliphatic rings. The van der Waals surface area contributed by atoms with E-state index in [1.165, 1.54) is 19.3 Å². The number of hydrogen-bond acceptors (Lipinski definition) is 3. The monoisotopic (exact) mass is 186 g/mol. The van der Waals surface area contributed by atoms with Gasteiger partial charge in [-0.05, 0) is 25.8 Å². The van der Waals surface area contributed by atoms with Gasteiger partial charge in [-0.15, -0.1) is 0 Å². The molecule has 3 nitrogen and oxygen atoms in total. The molecule has 1 fully saturated rings. The summed E-state index contributed by atoms with van der Waals surface area (Å²) >= 11 is 0. The predicted octanol–water partition coefficient (Wildman–Crippen LogP) is 0.882. The van der Waals surface area contributed by atoms with Gasteiger partial charge in [0.15, 0.2) is 0 Å². The minimum atomic E-state index is 0.318. The number of rotatable bonds is 6. The SMILES string of the molecule is CCCCNCC1CCC(CN)O1. The summed E-state index contributed by atoms with van der Waals surface area (Å²) in [5, 5.41) is 3.41. The van der Waals surface area contributed by atoms with Crippen molar-refractivity contribution in [2.45, 2.75) is 44.8 Å². The Morgan fingerprint density at radius 3 is 2.77 bits per heavy atom. The van der Waals surface area contributed by atoms with E-state index in [0.29, 0.717) is 18.8 Å². The Hall–Kier alpha value is -0.120. The molecule has 1 heterocycles. The van der Waals surface area contributed by atoms with Crippen LogP contribution in [0.1, 0.15) is 32.6 Å². The first-order valence-electron chi connectivity index (χ1n) is 5.43. The van der Waals surface area contributed by atoms with Gasteiger partial charge in [0, 0.05) is 13.1 Å². The lowest BCUT2D eigenvalue weighted by atomic mass is 10.2. The van der Waals surface area contributed by atoms with E-state index in [4.69, 9.17) is 10.5 Å². The van der Waals surface area contributed by atoms with E-state index in [1.807, 2.05) is 0 Å². The molecule has 0 aromatic heterocycles. The van der Waals surface area contributed by atoms with Crippen molar-refractivity contribution in [3.63, 3.8) is 0 Å². The zero-order valence-electron chi connectivity index (χ0n) is 8.59. The summed E-state index contributed by atoms with van der Waals surface area (Å²) in [4.78, 5) is 0. The third kappa shape index (κ3) is 4.07. The molecule has 0 aromatic carbocycles. The quantitative estimate of drug-likeness (QED) is 0.605. The number of hydrogen-bond donors (Lipinski definition) is 2. The normalized spacial score (nSPS) is 28.2. The number of nitrogens with two attached hydrogens (primary N) is 1. The average Bonchev–Trinajstić information content (AvgIpc) is 2.60. The second-order valence-electron chi connectivity index (χ2n) is 3.75. The molecular formula is C10H22N2O. The molecule has 3 heteroatoms. The standard InChI is InChI=1S/C10H22N2O/c1-2-3-6-12-8-10-5-4-9(7-11)13-10/h9-10,12H,2-8,11H2,1H3. The van der Waals surface area contributed by atoms with Crippen LogP contribution >= 0.6 is 0 Å². The van der Waals surface area contributed by atoms with Crippen LogP contribution < -0.4 is 11.1 Å². The van der Waals surface area contributed by atoms with E-state index in [1.54, 1.807) is 0 Å². The zero-order valence-corrected chi connectivity index (χ0v) is 8.59. The van der Waals surface area contributed by atoms with Crippen LogP contribution in [-0.2, 0) is 4.74 Å². The largest absolute Gasteiger partial charge is 0.372 e. The summed E-state index contributed by atoms with van der Waals surface area (Å²) < 4.78 is 5.70. The smallest absolute Gasteiger partial charge is 0.0704 e. The van der Waals surface area contributed by atoms with Gasteiger partial charge in [-0.3, -0.25) is 0 Å². The van der Waals surface area contributed by atoms with E-state index in [-0.39, 0.29) is 0 Å². The Labute approximate surface area is 81.0 Å². The van der Waals surface area contributed by atoms with E-state index in [9.17, 15) is 0 Å². The molecule has 0 radical (unpaired) electrons. The van der Waals surface area contributed by atoms with Crippen LogP contribution in [0.5, 0.6) is 0 Å². The Kier molecular flexibility index (Phi) is 5.35. The lowest BCUT2D eigenvalue weighted by molar-refractivity contribution is 0.0506. The summed E-state index contributed by atoms with van der Waals surface area (Å²) in [6.45, 7) is 4.99. The minimum Gasteiger partial charge on any atom is -0.372 e. The fraction of sp³-hybridized carbons (Fsp3) is 1.00. The first-order chi connectivity index (χ1) is 6.36. The van der Waals surface area contributed by atoms with Crippen LogP contribution in [0.15, 0.2) is 0 Å². The van der Waals surface area contributed by atoms with Crippen molar-refractivity contribution in [3.05, 3.63) is 0 Å². The molecule has 1 aliphatic heterocycles. The Bertz CT molecular complexity index is 130. The van der Waals surface area contributed by atoms with Crippen LogP contribution in [-0.4, -0.2) is 31.8 Å². The molecule has 0 aliphatic carbocycles. The van der Waals surface area contributed by atoms with E-state index >= 15 is 0 Å². The maximum absolute atomic E-state index is 5.70. The molecule has 0 aromatic rings. The second-order valence-corrected chi connectivity index (χ2v) is 3.75. The van der Waals surface area contributed by atoms with Crippen LogP contribution in [0.3, 0.4) is 0 Å². The summed E-state index contributed by atoms with van der Waals surface area (Å²) in [5.41, 5.74) is 5.53. The van der Waals surface area contributed by atoms with E-state index in [2.05, 4.69) is 12.2 Å². The fourth-order valence-electron chi connectivity index (χ4n) is 1.67. The second kappa shape index (κ2) is 6.35. The number of nitrogens with one attached hydrogen (secondary N) is 1. The lowest BCUT2D eigenvalue weighted by Gasteiger charge is -2.12. The third-order valence-corrected chi connectivity index (χ3v) is 2.54. The van der Waals surface area contributed by atoms with Crippen molar-refractivity contribution in [1.82, 2.24) is 5.32 Å². The summed E-state index contributed by atoms with van der Waals surface area (Å²) in [7, 11) is 0. The van der Waals surface area contributed by atoms with Crippen molar-refractivity contribution < 1.29 is 4.74 Å². The maximum atomic E-state index is 5.70. The first-order valence-corrected chi connectivity index (χ1v) is 5.43. The molecule has 0 bridgehead atoms. The highest BCUT2D eigenvalue weighted by atomic mass is 16.5. The fourth-order valence-corrected chi connectivity index (χ4v) is 1.67. The zero-order chi connectivity index (χ0) is 9.52. The minimum absolute atomic E-state index is 0.318. The van der Waals surface area contributed by atoms with Crippen LogP contribution in [0.25, 0.3) is 0 Å². The maximum Gasteiger partial charge on any atom is 0.0704 e. The van der Waals surface area contributed by atoms with Crippen LogP contribution in [0.2, 0.25) is 0 Å². The van der Waals surface area contributed by atoms with E-state index in [0.717, 1.165) is 19.5 Å². The summed E-state index contributed by atoms with van der Waals surface area (Å²) in [6.07, 6.45) is 5.54. The molecule has 2 unspecified atom stereocenters. The van der Waals surface area contributed by atoms with Crippen LogP contribution in [0, 0.1) is 0 Å². The topological polar surface area (TPSA) is 47.3 Å². The molecule has 2 atom stereocenters. The van der Waals surface area contributed by atoms with Gasteiger partial charge >= 0.3 is 0 Å². The van der Waals surface area contributed by atoms with Gasteiger partial charge < -0.3 is 15.8 Å². The highest BCUT2D eigenvalue weighted by Crippen LogP contribution is 2.17. The molecular weight excluding hydrogens is 164 g/mol. The van der Waals surface area contributed by atoms with Gasteiger partial charge in [0.1, 0.15) is 0 Å². The van der Waals surface area contributed by atoms with Gasteiger partial charge in [0.2, 0.25) is 0 Å². The van der Waals surface area contributed by atoms with Crippen LogP contribution in [0.4, 0.5) is 0 Å². The highest BCUT2D eigenvalue weighted by molar-refractivity contribution is 4.75. The van der Waals surface area contributed by atoms with Crippen molar-refractivity contribution >= 4 is 0 Å².